The Morgan fingerprint density at radius 3 is 2.25 bits per heavy atom. The molecule has 0 aliphatic carbocycles. The van der Waals surface area contributed by atoms with Crippen LogP contribution < -0.4 is 0 Å². The average molecular weight is 262 g/mol. The lowest BCUT2D eigenvalue weighted by Crippen LogP contribution is -1.94. The van der Waals surface area contributed by atoms with Gasteiger partial charge >= 0.3 is 0 Å². The summed E-state index contributed by atoms with van der Waals surface area (Å²) in [4.78, 5) is 23.1. The first kappa shape index (κ1) is 12.5. The van der Waals surface area contributed by atoms with E-state index in [9.17, 15) is 9.59 Å². The predicted molar refractivity (Wildman–Crippen MR) is 81.5 cm³/mol. The Morgan fingerprint density at radius 2 is 1.55 bits per heavy atom. The third-order valence-electron chi connectivity index (χ3n) is 3.62. The molecular weight excluding hydrogens is 248 g/mol. The molecule has 0 N–H and O–H groups in total. The maximum atomic E-state index is 11.7. The molecule has 0 bridgehead atoms. The van der Waals surface area contributed by atoms with Crippen LogP contribution in [0.15, 0.2) is 48.5 Å². The van der Waals surface area contributed by atoms with Gasteiger partial charge in [-0.15, -0.1) is 0 Å². The van der Waals surface area contributed by atoms with Crippen molar-refractivity contribution < 1.29 is 9.59 Å². The van der Waals surface area contributed by atoms with Gasteiger partial charge in [-0.3, -0.25) is 9.59 Å². The van der Waals surface area contributed by atoms with Gasteiger partial charge in [0.25, 0.3) is 0 Å². The number of hydrogen-bond acceptors (Lipinski definition) is 2. The normalized spacial score (nSPS) is 10.9. The van der Waals surface area contributed by atoms with Gasteiger partial charge in [-0.1, -0.05) is 30.3 Å². The van der Waals surface area contributed by atoms with E-state index in [1.54, 1.807) is 13.8 Å². The van der Waals surface area contributed by atoms with Gasteiger partial charge in [0.05, 0.1) is 0 Å². The van der Waals surface area contributed by atoms with Crippen LogP contribution >= 0.6 is 0 Å². The Kier molecular flexibility index (Phi) is 2.87. The number of fused-ring (bicyclic) bond motifs is 2. The fraction of sp³-hybridized carbons (Fsp3) is 0.111. The van der Waals surface area contributed by atoms with Gasteiger partial charge in [0.1, 0.15) is 0 Å². The van der Waals surface area contributed by atoms with Crippen LogP contribution in [-0.4, -0.2) is 11.6 Å². The fourth-order valence-corrected chi connectivity index (χ4v) is 2.55. The second kappa shape index (κ2) is 4.57. The van der Waals surface area contributed by atoms with Gasteiger partial charge in [0, 0.05) is 11.1 Å². The second-order valence-corrected chi connectivity index (χ2v) is 5.05. The monoisotopic (exact) mass is 262 g/mol. The molecule has 0 unspecified atom stereocenters. The van der Waals surface area contributed by atoms with Crippen LogP contribution in [0.25, 0.3) is 21.5 Å². The van der Waals surface area contributed by atoms with Crippen molar-refractivity contribution in [2.75, 3.05) is 0 Å². The molecule has 20 heavy (non-hydrogen) atoms. The van der Waals surface area contributed by atoms with Gasteiger partial charge in [-0.05, 0) is 53.6 Å². The van der Waals surface area contributed by atoms with E-state index in [2.05, 4.69) is 0 Å². The van der Waals surface area contributed by atoms with Gasteiger partial charge in [-0.2, -0.15) is 0 Å². The molecule has 0 aromatic heterocycles. The third kappa shape index (κ3) is 1.99. The molecule has 0 radical (unpaired) electrons. The first-order chi connectivity index (χ1) is 9.56. The SMILES string of the molecule is CC(=O)c1ccc2cc3c(C(C)=O)cccc3cc2c1. The van der Waals surface area contributed by atoms with Crippen molar-refractivity contribution in [2.45, 2.75) is 13.8 Å². The predicted octanol–water partition coefficient (Wildman–Crippen LogP) is 4.40. The highest BCUT2D eigenvalue weighted by Crippen LogP contribution is 2.26. The van der Waals surface area contributed by atoms with Crippen molar-refractivity contribution in [1.82, 2.24) is 0 Å². The minimum atomic E-state index is 0.0597. The lowest BCUT2D eigenvalue weighted by molar-refractivity contribution is 0.101. The van der Waals surface area contributed by atoms with Crippen molar-refractivity contribution in [3.8, 4) is 0 Å². The lowest BCUT2D eigenvalue weighted by Gasteiger charge is -2.07. The van der Waals surface area contributed by atoms with Gasteiger partial charge in [0.15, 0.2) is 11.6 Å². The van der Waals surface area contributed by atoms with E-state index in [1.165, 1.54) is 0 Å². The molecule has 2 heteroatoms. The summed E-state index contributed by atoms with van der Waals surface area (Å²) in [7, 11) is 0. The maximum absolute atomic E-state index is 11.7. The number of hydrogen-bond donors (Lipinski definition) is 0. The summed E-state index contributed by atoms with van der Waals surface area (Å²) in [5, 5.41) is 4.04. The Labute approximate surface area is 117 Å². The smallest absolute Gasteiger partial charge is 0.160 e. The molecule has 0 spiro atoms. The van der Waals surface area contributed by atoms with Crippen LogP contribution in [0.3, 0.4) is 0 Å². The molecule has 3 aromatic rings. The van der Waals surface area contributed by atoms with Crippen molar-refractivity contribution >= 4 is 33.1 Å². The van der Waals surface area contributed by atoms with E-state index in [-0.39, 0.29) is 11.6 Å². The number of carbonyl (C=O) groups excluding carboxylic acids is 2. The summed E-state index contributed by atoms with van der Waals surface area (Å²) >= 11 is 0. The summed E-state index contributed by atoms with van der Waals surface area (Å²) in [6.07, 6.45) is 0. The maximum Gasteiger partial charge on any atom is 0.160 e. The third-order valence-corrected chi connectivity index (χ3v) is 3.62. The quantitative estimate of drug-likeness (QED) is 0.506. The molecule has 0 aliphatic heterocycles. The minimum Gasteiger partial charge on any atom is -0.295 e. The molecule has 0 atom stereocenters. The molecule has 0 saturated heterocycles. The highest BCUT2D eigenvalue weighted by molar-refractivity contribution is 6.11. The van der Waals surface area contributed by atoms with E-state index in [0.29, 0.717) is 5.56 Å². The van der Waals surface area contributed by atoms with Crippen molar-refractivity contribution in [2.24, 2.45) is 0 Å². The zero-order valence-electron chi connectivity index (χ0n) is 11.4. The topological polar surface area (TPSA) is 34.1 Å². The number of Topliss-reactive ketones (excluding diaryl/α,β-unsaturated/α-hetero) is 2. The molecule has 3 aromatic carbocycles. The van der Waals surface area contributed by atoms with E-state index in [1.807, 2.05) is 48.5 Å². The van der Waals surface area contributed by atoms with Gasteiger partial charge in [-0.25, -0.2) is 0 Å². The van der Waals surface area contributed by atoms with Crippen LogP contribution in [0.4, 0.5) is 0 Å². The Balaban J connectivity index is 2.36. The van der Waals surface area contributed by atoms with Crippen molar-refractivity contribution in [3.05, 3.63) is 59.7 Å². The number of ketones is 2. The summed E-state index contributed by atoms with van der Waals surface area (Å²) in [6, 6.07) is 15.4. The lowest BCUT2D eigenvalue weighted by atomic mass is 9.97. The number of benzene rings is 3. The molecule has 0 saturated carbocycles. The van der Waals surface area contributed by atoms with Crippen LogP contribution in [0.2, 0.25) is 0 Å². The van der Waals surface area contributed by atoms with E-state index >= 15 is 0 Å². The van der Waals surface area contributed by atoms with Crippen molar-refractivity contribution in [1.29, 1.82) is 0 Å². The Morgan fingerprint density at radius 1 is 0.750 bits per heavy atom. The van der Waals surface area contributed by atoms with Crippen LogP contribution in [0.5, 0.6) is 0 Å². The summed E-state index contributed by atoms with van der Waals surface area (Å²) in [5.41, 5.74) is 1.44. The van der Waals surface area contributed by atoms with Crippen LogP contribution in [-0.2, 0) is 0 Å². The Bertz CT molecular complexity index is 859. The minimum absolute atomic E-state index is 0.0597. The Hall–Kier alpha value is -2.48. The molecule has 2 nitrogen and oxygen atoms in total. The van der Waals surface area contributed by atoms with E-state index in [0.717, 1.165) is 27.1 Å². The molecular formula is C18H14O2. The number of rotatable bonds is 2. The van der Waals surface area contributed by atoms with Gasteiger partial charge in [0.2, 0.25) is 0 Å². The van der Waals surface area contributed by atoms with Crippen LogP contribution in [0.1, 0.15) is 34.6 Å². The van der Waals surface area contributed by atoms with Crippen LogP contribution in [0, 0.1) is 0 Å². The fourth-order valence-electron chi connectivity index (χ4n) is 2.55. The van der Waals surface area contributed by atoms with Crippen molar-refractivity contribution in [3.63, 3.8) is 0 Å². The summed E-state index contributed by atoms with van der Waals surface area (Å²) in [5.74, 6) is 0.125. The first-order valence-electron chi connectivity index (χ1n) is 6.54. The zero-order valence-corrected chi connectivity index (χ0v) is 11.4. The molecule has 0 fully saturated rings. The molecule has 0 heterocycles. The molecule has 0 aliphatic rings. The highest BCUT2D eigenvalue weighted by atomic mass is 16.1. The summed E-state index contributed by atoms with van der Waals surface area (Å²) < 4.78 is 0. The van der Waals surface area contributed by atoms with E-state index < -0.39 is 0 Å². The largest absolute Gasteiger partial charge is 0.295 e. The standard InChI is InChI=1S/C18H14O2/c1-11(19)13-6-7-14-10-18-15(9-16(14)8-13)4-3-5-17(18)12(2)20/h3-10H,1-2H3. The molecule has 3 rings (SSSR count). The first-order valence-corrected chi connectivity index (χ1v) is 6.54. The van der Waals surface area contributed by atoms with E-state index in [4.69, 9.17) is 0 Å². The average Bonchev–Trinajstić information content (AvgIpc) is 2.43. The zero-order chi connectivity index (χ0) is 14.3. The molecule has 0 amide bonds. The van der Waals surface area contributed by atoms with Gasteiger partial charge < -0.3 is 0 Å². The summed E-state index contributed by atoms with van der Waals surface area (Å²) in [6.45, 7) is 3.15. The number of carbonyl (C=O) groups is 2. The molecule has 98 valence electrons. The second-order valence-electron chi connectivity index (χ2n) is 5.05. The highest BCUT2D eigenvalue weighted by Gasteiger charge is 2.07.